The Bertz CT molecular complexity index is 1130. The normalized spacial score (nSPS) is 10.9. The fourth-order valence-corrected chi connectivity index (χ4v) is 2.47. The van der Waals surface area contributed by atoms with Crippen molar-refractivity contribution < 1.29 is 9.90 Å². The first-order chi connectivity index (χ1) is 13.0. The van der Waals surface area contributed by atoms with Gasteiger partial charge in [0.1, 0.15) is 5.56 Å². The summed E-state index contributed by atoms with van der Waals surface area (Å²) < 4.78 is 0.953. The minimum absolute atomic E-state index is 0.260. The van der Waals surface area contributed by atoms with Crippen LogP contribution in [-0.4, -0.2) is 26.8 Å². The molecule has 0 aliphatic carbocycles. The highest BCUT2D eigenvalue weighted by Crippen LogP contribution is 2.16. The number of aromatic hydroxyl groups is 1. The van der Waals surface area contributed by atoms with Gasteiger partial charge in [-0.05, 0) is 36.8 Å². The summed E-state index contributed by atoms with van der Waals surface area (Å²) in [7, 11) is 0. The largest absolute Gasteiger partial charge is 0.493 e. The molecule has 1 amide bonds. The molecule has 2 aromatic carbocycles. The van der Waals surface area contributed by atoms with Crippen molar-refractivity contribution >= 4 is 12.1 Å². The second-order valence-corrected chi connectivity index (χ2v) is 5.74. The first-order valence-corrected chi connectivity index (χ1v) is 8.01. The highest BCUT2D eigenvalue weighted by molar-refractivity contribution is 5.94. The minimum atomic E-state index is -0.820. The zero-order valence-corrected chi connectivity index (χ0v) is 14.3. The summed E-state index contributed by atoms with van der Waals surface area (Å²) in [6, 6.07) is 15.2. The Kier molecular flexibility index (Phi) is 4.98. The van der Waals surface area contributed by atoms with Crippen LogP contribution in [-0.2, 0) is 0 Å². The molecule has 8 heteroatoms. The predicted molar refractivity (Wildman–Crippen MR) is 101 cm³/mol. The van der Waals surface area contributed by atoms with E-state index in [1.165, 1.54) is 0 Å². The van der Waals surface area contributed by atoms with Crippen LogP contribution in [0, 0.1) is 6.92 Å². The lowest BCUT2D eigenvalue weighted by molar-refractivity contribution is 0.0955. The van der Waals surface area contributed by atoms with Gasteiger partial charge in [0.25, 0.3) is 11.5 Å². The highest BCUT2D eigenvalue weighted by Gasteiger charge is 2.14. The van der Waals surface area contributed by atoms with Crippen LogP contribution in [0.5, 0.6) is 5.88 Å². The van der Waals surface area contributed by atoms with Crippen molar-refractivity contribution in [1.82, 2.24) is 15.0 Å². The number of benzene rings is 2. The quantitative estimate of drug-likeness (QED) is 0.478. The van der Waals surface area contributed by atoms with Crippen LogP contribution in [0.2, 0.25) is 0 Å². The van der Waals surface area contributed by atoms with Crippen LogP contribution >= 0.6 is 0 Å². The minimum Gasteiger partial charge on any atom is -0.493 e. The topological polar surface area (TPSA) is 117 Å². The van der Waals surface area contributed by atoms with E-state index in [-0.39, 0.29) is 5.56 Å². The molecule has 0 fully saturated rings. The Morgan fingerprint density at radius 1 is 1.15 bits per heavy atom. The number of amides is 1. The van der Waals surface area contributed by atoms with Crippen molar-refractivity contribution in [1.29, 1.82) is 0 Å². The summed E-state index contributed by atoms with van der Waals surface area (Å²) in [5.41, 5.74) is 2.04. The molecule has 0 atom stereocenters. The molecule has 3 N–H and O–H groups in total. The molecule has 0 spiro atoms. The molecule has 136 valence electrons. The molecule has 3 rings (SSSR count). The fourth-order valence-electron chi connectivity index (χ4n) is 2.47. The van der Waals surface area contributed by atoms with Gasteiger partial charge < -0.3 is 5.11 Å². The Balaban J connectivity index is 1.94. The van der Waals surface area contributed by atoms with Gasteiger partial charge in [-0.1, -0.05) is 30.3 Å². The number of aromatic nitrogens is 2. The summed E-state index contributed by atoms with van der Waals surface area (Å²) >= 11 is 0. The van der Waals surface area contributed by atoms with Gasteiger partial charge in [0.15, 0.2) is 0 Å². The maximum atomic E-state index is 12.1. The number of nitrogens with one attached hydrogen (secondary N) is 2. The summed E-state index contributed by atoms with van der Waals surface area (Å²) in [6.07, 6.45) is 0.987. The third-order valence-corrected chi connectivity index (χ3v) is 3.78. The third kappa shape index (κ3) is 3.84. The van der Waals surface area contributed by atoms with E-state index < -0.39 is 23.0 Å². The van der Waals surface area contributed by atoms with Crippen molar-refractivity contribution in [2.75, 3.05) is 0 Å². The van der Waals surface area contributed by atoms with Crippen LogP contribution in [0.4, 0.5) is 0 Å². The van der Waals surface area contributed by atoms with Gasteiger partial charge >= 0.3 is 5.69 Å². The number of hydrogen-bond donors (Lipinski definition) is 3. The van der Waals surface area contributed by atoms with Gasteiger partial charge in [-0.25, -0.2) is 14.8 Å². The number of carbonyl (C=O) groups excluding carboxylic acids is 1. The molecular formula is C19H16N4O4. The molecule has 3 aromatic rings. The van der Waals surface area contributed by atoms with E-state index in [9.17, 15) is 19.5 Å². The summed E-state index contributed by atoms with van der Waals surface area (Å²) in [5.74, 6) is -1.05. The van der Waals surface area contributed by atoms with E-state index in [4.69, 9.17) is 0 Å². The average molecular weight is 364 g/mol. The first kappa shape index (κ1) is 17.9. The van der Waals surface area contributed by atoms with Gasteiger partial charge in [0.05, 0.1) is 11.9 Å². The SMILES string of the molecule is Cc1cccc(-n2c(O)c(C=NNC(=O)c3ccccc3)c(=O)[nH]c2=O)c1. The first-order valence-electron chi connectivity index (χ1n) is 8.01. The molecule has 8 nitrogen and oxygen atoms in total. The van der Waals surface area contributed by atoms with Crippen LogP contribution in [0.1, 0.15) is 21.5 Å². The molecule has 0 saturated carbocycles. The molecule has 0 radical (unpaired) electrons. The average Bonchev–Trinajstić information content (AvgIpc) is 2.65. The monoisotopic (exact) mass is 364 g/mol. The van der Waals surface area contributed by atoms with Crippen LogP contribution in [0.3, 0.4) is 0 Å². The number of hydrogen-bond acceptors (Lipinski definition) is 5. The number of aromatic amines is 1. The Morgan fingerprint density at radius 2 is 1.89 bits per heavy atom. The van der Waals surface area contributed by atoms with E-state index >= 15 is 0 Å². The third-order valence-electron chi connectivity index (χ3n) is 3.78. The van der Waals surface area contributed by atoms with Gasteiger partial charge in [-0.15, -0.1) is 0 Å². The summed E-state index contributed by atoms with van der Waals surface area (Å²) in [4.78, 5) is 38.2. The standard InChI is InChI=1S/C19H16N4O4/c1-12-6-5-9-14(10-12)23-18(26)15(17(25)21-19(23)27)11-20-22-16(24)13-7-3-2-4-8-13/h2-11,26H,1H3,(H,22,24)(H,21,25,27). The van der Waals surface area contributed by atoms with E-state index in [2.05, 4.69) is 15.5 Å². The predicted octanol–water partition coefficient (Wildman–Crippen LogP) is 1.30. The Labute approximate surface area is 153 Å². The molecule has 27 heavy (non-hydrogen) atoms. The zero-order valence-electron chi connectivity index (χ0n) is 14.3. The number of rotatable bonds is 4. The number of carbonyl (C=O) groups is 1. The molecule has 0 unspecified atom stereocenters. The van der Waals surface area contributed by atoms with E-state index in [0.29, 0.717) is 11.3 Å². The lowest BCUT2D eigenvalue weighted by atomic mass is 10.2. The number of aryl methyl sites for hydroxylation is 1. The molecule has 0 saturated heterocycles. The second kappa shape index (κ2) is 7.52. The van der Waals surface area contributed by atoms with Gasteiger partial charge in [-0.2, -0.15) is 5.10 Å². The molecule has 1 heterocycles. The van der Waals surface area contributed by atoms with E-state index in [0.717, 1.165) is 16.3 Å². The van der Waals surface area contributed by atoms with Gasteiger partial charge in [-0.3, -0.25) is 14.6 Å². The molecule has 0 aliphatic heterocycles. The van der Waals surface area contributed by atoms with Crippen molar-refractivity contribution in [3.05, 3.63) is 92.1 Å². The summed E-state index contributed by atoms with van der Waals surface area (Å²) in [6.45, 7) is 1.83. The van der Waals surface area contributed by atoms with Gasteiger partial charge in [0, 0.05) is 5.56 Å². The zero-order chi connectivity index (χ0) is 19.4. The van der Waals surface area contributed by atoms with E-state index in [1.807, 2.05) is 13.0 Å². The highest BCUT2D eigenvalue weighted by atomic mass is 16.3. The maximum absolute atomic E-state index is 12.1. The molecular weight excluding hydrogens is 348 g/mol. The lowest BCUT2D eigenvalue weighted by Gasteiger charge is -2.10. The number of H-pyrrole nitrogens is 1. The Hall–Kier alpha value is -3.94. The van der Waals surface area contributed by atoms with Crippen molar-refractivity contribution in [2.24, 2.45) is 5.10 Å². The summed E-state index contributed by atoms with van der Waals surface area (Å²) in [5, 5.41) is 14.1. The second-order valence-electron chi connectivity index (χ2n) is 5.74. The van der Waals surface area contributed by atoms with Crippen molar-refractivity contribution in [3.8, 4) is 11.6 Å². The maximum Gasteiger partial charge on any atom is 0.335 e. The number of nitrogens with zero attached hydrogens (tertiary/aromatic N) is 2. The smallest absolute Gasteiger partial charge is 0.335 e. The molecule has 1 aromatic heterocycles. The molecule has 0 bridgehead atoms. The van der Waals surface area contributed by atoms with Crippen molar-refractivity contribution in [2.45, 2.75) is 6.92 Å². The Morgan fingerprint density at radius 3 is 2.59 bits per heavy atom. The van der Waals surface area contributed by atoms with E-state index in [1.54, 1.807) is 48.5 Å². The van der Waals surface area contributed by atoms with Crippen LogP contribution < -0.4 is 16.7 Å². The van der Waals surface area contributed by atoms with Gasteiger partial charge in [0.2, 0.25) is 5.88 Å². The van der Waals surface area contributed by atoms with Crippen LogP contribution in [0.15, 0.2) is 69.3 Å². The van der Waals surface area contributed by atoms with Crippen molar-refractivity contribution in [3.63, 3.8) is 0 Å². The number of hydrazone groups is 1. The van der Waals surface area contributed by atoms with Crippen LogP contribution in [0.25, 0.3) is 5.69 Å². The molecule has 0 aliphatic rings. The lowest BCUT2D eigenvalue weighted by Crippen LogP contribution is -2.31. The fraction of sp³-hybridized carbons (Fsp3) is 0.0526.